The van der Waals surface area contributed by atoms with Gasteiger partial charge in [-0.3, -0.25) is 14.5 Å². The number of aromatic nitrogens is 1. The highest BCUT2D eigenvalue weighted by atomic mass is 32.1. The fourth-order valence-electron chi connectivity index (χ4n) is 3.68. The molecule has 1 unspecified atom stereocenters. The normalized spacial score (nSPS) is 25.5. The number of aliphatic hydroxyl groups excluding tert-OH is 1. The van der Waals surface area contributed by atoms with Crippen LogP contribution >= 0.6 is 11.3 Å². The fourth-order valence-corrected chi connectivity index (χ4v) is 4.77. The van der Waals surface area contributed by atoms with E-state index in [1.54, 1.807) is 4.90 Å². The average molecular weight is 373 g/mol. The van der Waals surface area contributed by atoms with Crippen LogP contribution in [0.4, 0.5) is 5.13 Å². The number of anilines is 1. The molecule has 1 aliphatic carbocycles. The molecule has 138 valence electrons. The molecule has 26 heavy (non-hydrogen) atoms. The van der Waals surface area contributed by atoms with E-state index in [2.05, 4.69) is 16.4 Å². The highest BCUT2D eigenvalue weighted by Crippen LogP contribution is 2.33. The van der Waals surface area contributed by atoms with E-state index in [1.807, 2.05) is 19.1 Å². The Kier molecular flexibility index (Phi) is 4.67. The van der Waals surface area contributed by atoms with Crippen molar-refractivity contribution < 1.29 is 14.7 Å². The van der Waals surface area contributed by atoms with Crippen LogP contribution in [0.5, 0.6) is 0 Å². The summed E-state index contributed by atoms with van der Waals surface area (Å²) in [5.41, 5.74) is 2.05. The molecule has 2 heterocycles. The number of amides is 2. The lowest BCUT2D eigenvalue weighted by Gasteiger charge is -2.31. The van der Waals surface area contributed by atoms with Gasteiger partial charge in [0, 0.05) is 19.5 Å². The number of aliphatic hydroxyl groups is 1. The first kappa shape index (κ1) is 17.4. The highest BCUT2D eigenvalue weighted by molar-refractivity contribution is 7.22. The van der Waals surface area contributed by atoms with Crippen LogP contribution in [0.25, 0.3) is 10.2 Å². The number of nitrogens with zero attached hydrogens (tertiary/aromatic N) is 2. The number of aryl methyl sites for hydroxylation is 1. The number of carbonyl (C=O) groups is 2. The van der Waals surface area contributed by atoms with Gasteiger partial charge in [-0.05, 0) is 49.8 Å². The molecule has 1 saturated carbocycles. The second-order valence-electron chi connectivity index (χ2n) is 7.44. The number of thiazole rings is 1. The summed E-state index contributed by atoms with van der Waals surface area (Å²) in [5, 5.41) is 12.9. The van der Waals surface area contributed by atoms with Crippen LogP contribution in [0.2, 0.25) is 0 Å². The van der Waals surface area contributed by atoms with Crippen molar-refractivity contribution in [1.82, 2.24) is 10.3 Å². The Morgan fingerprint density at radius 1 is 1.42 bits per heavy atom. The van der Waals surface area contributed by atoms with Gasteiger partial charge in [-0.25, -0.2) is 4.98 Å². The summed E-state index contributed by atoms with van der Waals surface area (Å²) in [5.74, 6) is 0.0992. The molecule has 2 aliphatic rings. The molecule has 4 rings (SSSR count). The third-order valence-electron chi connectivity index (χ3n) is 5.32. The first-order valence-corrected chi connectivity index (χ1v) is 9.94. The number of carbonyl (C=O) groups excluding carboxylic acids is 2. The zero-order valence-corrected chi connectivity index (χ0v) is 15.6. The second-order valence-corrected chi connectivity index (χ2v) is 8.45. The van der Waals surface area contributed by atoms with Crippen LogP contribution in [0.15, 0.2) is 18.2 Å². The molecular formula is C19H23N3O3S. The number of benzene rings is 1. The Bertz CT molecular complexity index is 844. The molecule has 0 spiro atoms. The highest BCUT2D eigenvalue weighted by Gasteiger charge is 2.36. The van der Waals surface area contributed by atoms with Gasteiger partial charge in [-0.1, -0.05) is 17.4 Å². The lowest BCUT2D eigenvalue weighted by atomic mass is 9.80. The lowest BCUT2D eigenvalue weighted by molar-refractivity contribution is -0.126. The Morgan fingerprint density at radius 2 is 2.23 bits per heavy atom. The van der Waals surface area contributed by atoms with E-state index in [1.165, 1.54) is 11.3 Å². The summed E-state index contributed by atoms with van der Waals surface area (Å²) < 4.78 is 1.06. The molecule has 1 aromatic heterocycles. The molecule has 1 saturated heterocycles. The minimum atomic E-state index is -0.316. The van der Waals surface area contributed by atoms with Gasteiger partial charge in [0.25, 0.3) is 0 Å². The van der Waals surface area contributed by atoms with E-state index in [4.69, 9.17) is 0 Å². The summed E-state index contributed by atoms with van der Waals surface area (Å²) in [6, 6.07) is 6.04. The van der Waals surface area contributed by atoms with Crippen LogP contribution in [-0.4, -0.2) is 41.1 Å². The third-order valence-corrected chi connectivity index (χ3v) is 6.36. The molecule has 1 aromatic carbocycles. The maximum atomic E-state index is 12.4. The molecule has 2 aromatic rings. The molecule has 1 aliphatic heterocycles. The minimum absolute atomic E-state index is 0.0388. The Balaban J connectivity index is 1.35. The Hall–Kier alpha value is -1.99. The number of fused-ring (bicyclic) bond motifs is 1. The van der Waals surface area contributed by atoms with Crippen LogP contribution in [-0.2, 0) is 9.59 Å². The molecule has 7 heteroatoms. The standard InChI is InChI=1S/C19H23N3O3S/c1-11-2-3-15-16(6-11)26-19(21-15)22-10-13(9-17(22)24)18(25)20-5-4-12-7-14(23)8-12/h2-3,6,12-14,23H,4-5,7-10H2,1H3,(H,20,25). The zero-order valence-electron chi connectivity index (χ0n) is 14.8. The first-order chi connectivity index (χ1) is 12.5. The van der Waals surface area contributed by atoms with Crippen LogP contribution in [0.3, 0.4) is 0 Å². The number of hydrogen-bond acceptors (Lipinski definition) is 5. The fraction of sp³-hybridized carbons (Fsp3) is 0.526. The molecule has 0 radical (unpaired) electrons. The number of nitrogens with one attached hydrogen (secondary N) is 1. The van der Waals surface area contributed by atoms with Crippen molar-refractivity contribution >= 4 is 38.5 Å². The molecule has 2 amide bonds. The van der Waals surface area contributed by atoms with Crippen molar-refractivity contribution in [3.8, 4) is 0 Å². The van der Waals surface area contributed by atoms with E-state index >= 15 is 0 Å². The summed E-state index contributed by atoms with van der Waals surface area (Å²) in [7, 11) is 0. The number of rotatable bonds is 5. The third kappa shape index (κ3) is 3.46. The van der Waals surface area contributed by atoms with Crippen molar-refractivity contribution in [2.24, 2.45) is 11.8 Å². The van der Waals surface area contributed by atoms with Crippen molar-refractivity contribution in [2.75, 3.05) is 18.0 Å². The molecular weight excluding hydrogens is 350 g/mol. The van der Waals surface area contributed by atoms with Gasteiger partial charge < -0.3 is 10.4 Å². The summed E-state index contributed by atoms with van der Waals surface area (Å²) in [6.45, 7) is 3.04. The average Bonchev–Trinajstić information content (AvgIpc) is 3.15. The predicted molar refractivity (Wildman–Crippen MR) is 101 cm³/mol. The first-order valence-electron chi connectivity index (χ1n) is 9.13. The Morgan fingerprint density at radius 3 is 3.00 bits per heavy atom. The van der Waals surface area contributed by atoms with E-state index in [-0.39, 0.29) is 30.3 Å². The second kappa shape index (κ2) is 6.96. The van der Waals surface area contributed by atoms with Gasteiger partial charge in [0.1, 0.15) is 0 Å². The molecule has 2 fully saturated rings. The van der Waals surface area contributed by atoms with E-state index in [0.29, 0.717) is 24.1 Å². The van der Waals surface area contributed by atoms with E-state index in [9.17, 15) is 14.7 Å². The lowest BCUT2D eigenvalue weighted by Crippen LogP contribution is -2.36. The topological polar surface area (TPSA) is 82.5 Å². The van der Waals surface area contributed by atoms with Gasteiger partial charge >= 0.3 is 0 Å². The predicted octanol–water partition coefficient (Wildman–Crippen LogP) is 2.23. The molecule has 2 N–H and O–H groups in total. The monoisotopic (exact) mass is 373 g/mol. The van der Waals surface area contributed by atoms with Crippen LogP contribution in [0.1, 0.15) is 31.2 Å². The van der Waals surface area contributed by atoms with Gasteiger partial charge in [-0.2, -0.15) is 0 Å². The maximum Gasteiger partial charge on any atom is 0.229 e. The maximum absolute atomic E-state index is 12.4. The smallest absolute Gasteiger partial charge is 0.229 e. The van der Waals surface area contributed by atoms with Crippen LogP contribution < -0.4 is 10.2 Å². The van der Waals surface area contributed by atoms with Crippen molar-refractivity contribution in [3.05, 3.63) is 23.8 Å². The molecule has 0 bridgehead atoms. The molecule has 1 atom stereocenters. The number of hydrogen-bond donors (Lipinski definition) is 2. The summed E-state index contributed by atoms with van der Waals surface area (Å²) in [4.78, 5) is 31.0. The van der Waals surface area contributed by atoms with Crippen molar-refractivity contribution in [2.45, 2.75) is 38.7 Å². The van der Waals surface area contributed by atoms with Gasteiger partial charge in [0.2, 0.25) is 11.8 Å². The Labute approximate surface area is 156 Å². The molecule has 6 nitrogen and oxygen atoms in total. The van der Waals surface area contributed by atoms with Crippen LogP contribution in [0, 0.1) is 18.8 Å². The minimum Gasteiger partial charge on any atom is -0.393 e. The van der Waals surface area contributed by atoms with Gasteiger partial charge in [-0.15, -0.1) is 0 Å². The quantitative estimate of drug-likeness (QED) is 0.842. The zero-order chi connectivity index (χ0) is 18.3. The van der Waals surface area contributed by atoms with Crippen molar-refractivity contribution in [1.29, 1.82) is 0 Å². The van der Waals surface area contributed by atoms with Crippen molar-refractivity contribution in [3.63, 3.8) is 0 Å². The SMILES string of the molecule is Cc1ccc2nc(N3CC(C(=O)NCCC4CC(O)C4)CC3=O)sc2c1. The largest absolute Gasteiger partial charge is 0.393 e. The van der Waals surface area contributed by atoms with Gasteiger partial charge in [0.05, 0.1) is 22.2 Å². The summed E-state index contributed by atoms with van der Waals surface area (Å²) >= 11 is 1.50. The van der Waals surface area contributed by atoms with E-state index < -0.39 is 0 Å². The van der Waals surface area contributed by atoms with Gasteiger partial charge in [0.15, 0.2) is 5.13 Å². The van der Waals surface area contributed by atoms with E-state index in [0.717, 1.165) is 35.0 Å². The summed E-state index contributed by atoms with van der Waals surface area (Å²) in [6.07, 6.45) is 2.65.